The van der Waals surface area contributed by atoms with Crippen molar-refractivity contribution in [3.63, 3.8) is 0 Å². The van der Waals surface area contributed by atoms with E-state index in [1.165, 1.54) is 18.4 Å². The average molecular weight is 280 g/mol. The third-order valence-corrected chi connectivity index (χ3v) is 4.36. The van der Waals surface area contributed by atoms with Crippen LogP contribution < -0.4 is 5.32 Å². The number of nitrogens with one attached hydrogen (secondary N) is 1. The van der Waals surface area contributed by atoms with Gasteiger partial charge >= 0.3 is 0 Å². The average Bonchev–Trinajstić information content (AvgIpc) is 2.42. The van der Waals surface area contributed by atoms with E-state index in [1.54, 1.807) is 6.33 Å². The molecule has 0 radical (unpaired) electrons. The Morgan fingerprint density at radius 2 is 2.05 bits per heavy atom. The van der Waals surface area contributed by atoms with Crippen LogP contribution in [-0.4, -0.2) is 16.0 Å². The molecule has 4 heteroatoms. The van der Waals surface area contributed by atoms with Crippen LogP contribution in [-0.2, 0) is 6.42 Å². The van der Waals surface area contributed by atoms with Gasteiger partial charge < -0.3 is 5.32 Å². The molecule has 2 rings (SSSR count). The minimum atomic E-state index is 0.465. The van der Waals surface area contributed by atoms with Gasteiger partial charge in [-0.3, -0.25) is 0 Å². The molecule has 0 spiro atoms. The number of halogens is 1. The van der Waals surface area contributed by atoms with E-state index >= 15 is 0 Å². The number of aromatic nitrogens is 2. The molecule has 0 atom stereocenters. The molecule has 0 amide bonds. The highest BCUT2D eigenvalue weighted by Gasteiger charge is 2.22. The first-order valence-electron chi connectivity index (χ1n) is 7.03. The Kier molecular flexibility index (Phi) is 4.81. The maximum atomic E-state index is 6.31. The van der Waals surface area contributed by atoms with Gasteiger partial charge in [-0.05, 0) is 44.9 Å². The summed E-state index contributed by atoms with van der Waals surface area (Å²) in [6, 6.07) is 0.465. The first-order valence-corrected chi connectivity index (χ1v) is 7.41. The van der Waals surface area contributed by atoms with E-state index in [9.17, 15) is 0 Å². The van der Waals surface area contributed by atoms with E-state index in [4.69, 9.17) is 11.6 Å². The number of hydrogen-bond acceptors (Lipinski definition) is 3. The second-order valence-electron chi connectivity index (χ2n) is 5.38. The Morgan fingerprint density at radius 3 is 2.63 bits per heavy atom. The number of nitrogens with zero attached hydrogens (tertiary/aromatic N) is 2. The summed E-state index contributed by atoms with van der Waals surface area (Å²) in [5, 5.41) is 4.14. The number of hydrogen-bond donors (Lipinski definition) is 1. The van der Waals surface area contributed by atoms with Crippen molar-refractivity contribution in [1.29, 1.82) is 0 Å². The van der Waals surface area contributed by atoms with Gasteiger partial charge in [-0.15, -0.1) is 0 Å². The zero-order valence-corrected chi connectivity index (χ0v) is 12.5. The molecule has 1 aromatic heterocycles. The molecule has 1 saturated carbocycles. The maximum Gasteiger partial charge on any atom is 0.148 e. The van der Waals surface area contributed by atoms with Gasteiger partial charge in [0.2, 0.25) is 0 Å². The molecule has 0 saturated heterocycles. The molecule has 1 aliphatic carbocycles. The van der Waals surface area contributed by atoms with Crippen molar-refractivity contribution in [3.8, 4) is 0 Å². The summed E-state index contributed by atoms with van der Waals surface area (Å²) in [4.78, 5) is 8.45. The van der Waals surface area contributed by atoms with Crippen LogP contribution in [0.1, 0.15) is 45.2 Å². The van der Waals surface area contributed by atoms with Crippen LogP contribution in [0.2, 0.25) is 5.02 Å². The fourth-order valence-electron chi connectivity index (χ4n) is 2.68. The van der Waals surface area contributed by atoms with Gasteiger partial charge in [-0.25, -0.2) is 9.97 Å². The van der Waals surface area contributed by atoms with Gasteiger partial charge in [0.15, 0.2) is 0 Å². The van der Waals surface area contributed by atoms with Crippen molar-refractivity contribution in [2.75, 3.05) is 5.32 Å². The van der Waals surface area contributed by atoms with Gasteiger partial charge in [0, 0.05) is 6.04 Å². The van der Waals surface area contributed by atoms with Crippen molar-refractivity contribution in [2.24, 2.45) is 5.92 Å². The minimum absolute atomic E-state index is 0.465. The van der Waals surface area contributed by atoms with Crippen molar-refractivity contribution < 1.29 is 0 Å². The summed E-state index contributed by atoms with van der Waals surface area (Å²) in [6.07, 6.45) is 7.14. The summed E-state index contributed by atoms with van der Waals surface area (Å²) < 4.78 is 0. The van der Waals surface area contributed by atoms with Crippen LogP contribution in [0.5, 0.6) is 0 Å². The SMILES string of the molecule is C=C(C)C1CCC(Nc2ncnc(CC)c2Cl)CC1. The van der Waals surface area contributed by atoms with Gasteiger partial charge in [-0.2, -0.15) is 0 Å². The summed E-state index contributed by atoms with van der Waals surface area (Å²) in [5.41, 5.74) is 2.22. The van der Waals surface area contributed by atoms with Gasteiger partial charge in [0.25, 0.3) is 0 Å². The molecule has 1 aromatic rings. The highest BCUT2D eigenvalue weighted by molar-refractivity contribution is 6.33. The largest absolute Gasteiger partial charge is 0.366 e. The Morgan fingerprint density at radius 1 is 1.37 bits per heavy atom. The Bertz CT molecular complexity index is 451. The zero-order valence-electron chi connectivity index (χ0n) is 11.7. The first-order chi connectivity index (χ1) is 9.11. The first kappa shape index (κ1) is 14.3. The fraction of sp³-hybridized carbons (Fsp3) is 0.600. The maximum absolute atomic E-state index is 6.31. The highest BCUT2D eigenvalue weighted by atomic mass is 35.5. The van der Waals surface area contributed by atoms with Crippen molar-refractivity contribution in [1.82, 2.24) is 9.97 Å². The molecule has 19 heavy (non-hydrogen) atoms. The molecule has 3 nitrogen and oxygen atoms in total. The van der Waals surface area contributed by atoms with E-state index in [0.29, 0.717) is 17.0 Å². The second kappa shape index (κ2) is 6.38. The van der Waals surface area contributed by atoms with Crippen molar-refractivity contribution in [3.05, 3.63) is 29.2 Å². The molecule has 1 heterocycles. The van der Waals surface area contributed by atoms with Crippen LogP contribution in [0, 0.1) is 5.92 Å². The summed E-state index contributed by atoms with van der Waals surface area (Å²) >= 11 is 6.31. The van der Waals surface area contributed by atoms with Crippen molar-refractivity contribution >= 4 is 17.4 Å². The third-order valence-electron chi connectivity index (χ3n) is 3.96. The third kappa shape index (κ3) is 3.47. The van der Waals surface area contributed by atoms with Crippen LogP contribution in [0.15, 0.2) is 18.5 Å². The Labute approximate surface area is 120 Å². The summed E-state index contributed by atoms with van der Waals surface area (Å²) in [6.45, 7) is 8.25. The lowest BCUT2D eigenvalue weighted by atomic mass is 9.82. The van der Waals surface area contributed by atoms with E-state index in [-0.39, 0.29) is 0 Å². The molecular formula is C15H22ClN3. The molecule has 0 unspecified atom stereocenters. The number of rotatable bonds is 4. The van der Waals surface area contributed by atoms with E-state index < -0.39 is 0 Å². The normalized spacial score (nSPS) is 23.1. The van der Waals surface area contributed by atoms with E-state index in [2.05, 4.69) is 35.7 Å². The van der Waals surface area contributed by atoms with Gasteiger partial charge in [-0.1, -0.05) is 30.7 Å². The van der Waals surface area contributed by atoms with E-state index in [1.807, 2.05) is 0 Å². The van der Waals surface area contributed by atoms with Gasteiger partial charge in [0.05, 0.1) is 5.69 Å². The predicted molar refractivity (Wildman–Crippen MR) is 80.6 cm³/mol. The smallest absolute Gasteiger partial charge is 0.148 e. The summed E-state index contributed by atoms with van der Waals surface area (Å²) in [5.74, 6) is 1.47. The van der Waals surface area contributed by atoms with Crippen LogP contribution in [0.4, 0.5) is 5.82 Å². The van der Waals surface area contributed by atoms with E-state index in [0.717, 1.165) is 30.8 Å². The molecule has 1 aliphatic rings. The molecule has 104 valence electrons. The molecule has 1 N–H and O–H groups in total. The fourth-order valence-corrected chi connectivity index (χ4v) is 2.96. The number of allylic oxidation sites excluding steroid dienone is 1. The molecule has 0 bridgehead atoms. The second-order valence-corrected chi connectivity index (χ2v) is 5.75. The van der Waals surface area contributed by atoms with Gasteiger partial charge in [0.1, 0.15) is 17.2 Å². The molecular weight excluding hydrogens is 258 g/mol. The topological polar surface area (TPSA) is 37.8 Å². The molecule has 0 aliphatic heterocycles. The number of anilines is 1. The lowest BCUT2D eigenvalue weighted by Gasteiger charge is -2.30. The lowest BCUT2D eigenvalue weighted by Crippen LogP contribution is -2.27. The van der Waals surface area contributed by atoms with Crippen LogP contribution in [0.25, 0.3) is 0 Å². The monoisotopic (exact) mass is 279 g/mol. The summed E-state index contributed by atoms with van der Waals surface area (Å²) in [7, 11) is 0. The minimum Gasteiger partial charge on any atom is -0.366 e. The molecule has 1 fully saturated rings. The Hall–Kier alpha value is -1.09. The Balaban J connectivity index is 1.98. The lowest BCUT2D eigenvalue weighted by molar-refractivity contribution is 0.377. The molecule has 0 aromatic carbocycles. The van der Waals surface area contributed by atoms with Crippen molar-refractivity contribution in [2.45, 2.75) is 52.0 Å². The standard InChI is InChI=1S/C15H22ClN3/c1-4-13-14(16)15(18-9-17-13)19-12-7-5-11(6-8-12)10(2)3/h9,11-12H,2,4-8H2,1,3H3,(H,17,18,19). The quantitative estimate of drug-likeness (QED) is 0.838. The predicted octanol–water partition coefficient (Wildman–Crippen LogP) is 4.24. The zero-order chi connectivity index (χ0) is 13.8. The highest BCUT2D eigenvalue weighted by Crippen LogP contribution is 2.31. The van der Waals surface area contributed by atoms with Crippen LogP contribution in [0.3, 0.4) is 0 Å². The number of aryl methyl sites for hydroxylation is 1. The van der Waals surface area contributed by atoms with Crippen LogP contribution >= 0.6 is 11.6 Å².